The molecule has 1 saturated heterocycles. The molecule has 0 aromatic carbocycles. The van der Waals surface area contributed by atoms with Gasteiger partial charge in [0.05, 0.1) is 52.1 Å². The predicted molar refractivity (Wildman–Crippen MR) is 214 cm³/mol. The maximum Gasteiger partial charge on any atom is 0.268 e. The van der Waals surface area contributed by atoms with Crippen LogP contribution in [-0.4, -0.2) is 80.8 Å². The molecule has 306 valence electrons. The van der Waals surface area contributed by atoms with E-state index < -0.39 is 20.0 Å². The van der Waals surface area contributed by atoms with E-state index in [1.165, 1.54) is 89.9 Å². The van der Waals surface area contributed by atoms with E-state index in [0.29, 0.717) is 29.7 Å². The van der Waals surface area contributed by atoms with E-state index in [4.69, 9.17) is 13.8 Å². The van der Waals surface area contributed by atoms with Crippen LogP contribution >= 0.6 is 7.82 Å². The lowest BCUT2D eigenvalue weighted by atomic mass is 10.0. The lowest BCUT2D eigenvalue weighted by molar-refractivity contribution is -0.870. The van der Waals surface area contributed by atoms with Crippen molar-refractivity contribution in [1.82, 2.24) is 5.32 Å². The summed E-state index contributed by atoms with van der Waals surface area (Å²) in [6.07, 6.45) is 36.7. The Hall–Kier alpha value is -1.06. The number of ether oxygens (including phenoxy) is 1. The molecule has 1 heterocycles. The number of likely N-dealkylation sites (N-methyl/N-ethyl adjacent to an activating group) is 1. The topological polar surface area (TPSA) is 120 Å². The standard InChI is InChI=1S/C42H81N2O7P/c1-6-8-10-11-12-13-14-15-16-17-18-21-24-28-31-39(45)38(37-50-52(47,48)49-36-35-44(3,4)5)43-42(46)34-30-26-23-20-19-22-25-29-33-41-40(51-41)32-27-9-7-2/h25,28-29,31,38-41,45H,6-24,26-27,30,32-37H2,1-5H3,(H-,43,46,47,48)/b29-25-,31-28+/t38-,39+,40?,41?/m0/s1. The van der Waals surface area contributed by atoms with Gasteiger partial charge in [0.2, 0.25) is 5.91 Å². The summed E-state index contributed by atoms with van der Waals surface area (Å²) in [6, 6.07) is -0.894. The fraction of sp³-hybridized carbons (Fsp3) is 0.881. The van der Waals surface area contributed by atoms with Gasteiger partial charge in [0, 0.05) is 6.42 Å². The number of carbonyl (C=O) groups is 1. The molecule has 3 unspecified atom stereocenters. The number of epoxide rings is 1. The van der Waals surface area contributed by atoms with Gasteiger partial charge in [-0.3, -0.25) is 9.36 Å². The van der Waals surface area contributed by atoms with E-state index in [-0.39, 0.29) is 19.1 Å². The van der Waals surface area contributed by atoms with Gasteiger partial charge in [0.1, 0.15) is 13.2 Å². The Labute approximate surface area is 319 Å². The van der Waals surface area contributed by atoms with Crippen LogP contribution in [0.1, 0.15) is 174 Å². The SMILES string of the molecule is CCCCCCCCCCCCCC/C=C/[C@@H](O)[C@H](COP(=O)([O-])OCC[N+](C)(C)C)NC(=O)CCCCCCC/C=C\CC1OC1CCCCC. The van der Waals surface area contributed by atoms with Crippen LogP contribution in [0.4, 0.5) is 0 Å². The smallest absolute Gasteiger partial charge is 0.268 e. The Morgan fingerprint density at radius 2 is 1.31 bits per heavy atom. The summed E-state index contributed by atoms with van der Waals surface area (Å²) in [4.78, 5) is 25.3. The van der Waals surface area contributed by atoms with Gasteiger partial charge >= 0.3 is 0 Å². The molecule has 2 N–H and O–H groups in total. The van der Waals surface area contributed by atoms with Crippen molar-refractivity contribution in [1.29, 1.82) is 0 Å². The number of hydrogen-bond donors (Lipinski definition) is 2. The van der Waals surface area contributed by atoms with Crippen LogP contribution in [0.15, 0.2) is 24.3 Å². The molecule has 0 spiro atoms. The van der Waals surface area contributed by atoms with Crippen LogP contribution in [-0.2, 0) is 23.1 Å². The summed E-state index contributed by atoms with van der Waals surface area (Å²) in [5.74, 6) is -0.216. The Kier molecular flexibility index (Phi) is 29.4. The van der Waals surface area contributed by atoms with Gasteiger partial charge in [-0.05, 0) is 44.9 Å². The van der Waals surface area contributed by atoms with Gasteiger partial charge in [-0.1, -0.05) is 147 Å². The van der Waals surface area contributed by atoms with Crippen molar-refractivity contribution in [2.24, 2.45) is 0 Å². The minimum atomic E-state index is -4.59. The van der Waals surface area contributed by atoms with E-state index >= 15 is 0 Å². The van der Waals surface area contributed by atoms with E-state index in [1.54, 1.807) is 6.08 Å². The minimum Gasteiger partial charge on any atom is -0.756 e. The molecule has 1 amide bonds. The molecular formula is C42H81N2O7P. The van der Waals surface area contributed by atoms with Crippen LogP contribution in [0.5, 0.6) is 0 Å². The van der Waals surface area contributed by atoms with Crippen LogP contribution < -0.4 is 10.2 Å². The Morgan fingerprint density at radius 3 is 1.90 bits per heavy atom. The molecule has 0 saturated carbocycles. The monoisotopic (exact) mass is 757 g/mol. The zero-order chi connectivity index (χ0) is 38.3. The summed E-state index contributed by atoms with van der Waals surface area (Å²) in [5, 5.41) is 13.7. The lowest BCUT2D eigenvalue weighted by Gasteiger charge is -2.29. The Balaban J connectivity index is 2.34. The highest BCUT2D eigenvalue weighted by atomic mass is 31.2. The normalized spacial score (nSPS) is 18.6. The van der Waals surface area contributed by atoms with Crippen LogP contribution in [0.2, 0.25) is 0 Å². The first-order valence-electron chi connectivity index (χ1n) is 21.3. The molecule has 0 bridgehead atoms. The first-order chi connectivity index (χ1) is 25.0. The number of aliphatic hydroxyl groups excluding tert-OH is 1. The molecular weight excluding hydrogens is 675 g/mol. The number of hydrogen-bond acceptors (Lipinski definition) is 7. The molecule has 1 aliphatic rings. The van der Waals surface area contributed by atoms with Gasteiger partial charge in [-0.15, -0.1) is 0 Å². The van der Waals surface area contributed by atoms with E-state index in [2.05, 4.69) is 31.3 Å². The van der Waals surface area contributed by atoms with Crippen LogP contribution in [0.25, 0.3) is 0 Å². The largest absolute Gasteiger partial charge is 0.756 e. The third kappa shape index (κ3) is 30.3. The number of nitrogens with zero attached hydrogens (tertiary/aromatic N) is 1. The number of unbranched alkanes of at least 4 members (excludes halogenated alkanes) is 19. The average Bonchev–Trinajstić information content (AvgIpc) is 3.84. The number of phosphoric acid groups is 1. The van der Waals surface area contributed by atoms with Crippen molar-refractivity contribution in [2.75, 3.05) is 40.9 Å². The molecule has 0 radical (unpaired) electrons. The average molecular weight is 757 g/mol. The highest BCUT2D eigenvalue weighted by Crippen LogP contribution is 2.38. The van der Waals surface area contributed by atoms with Crippen molar-refractivity contribution in [3.8, 4) is 0 Å². The van der Waals surface area contributed by atoms with Gasteiger partial charge < -0.3 is 33.6 Å². The van der Waals surface area contributed by atoms with Crippen molar-refractivity contribution in [3.05, 3.63) is 24.3 Å². The van der Waals surface area contributed by atoms with Crippen LogP contribution in [0.3, 0.4) is 0 Å². The fourth-order valence-electron chi connectivity index (χ4n) is 6.28. The summed E-state index contributed by atoms with van der Waals surface area (Å²) >= 11 is 0. The van der Waals surface area contributed by atoms with Crippen molar-refractivity contribution >= 4 is 13.7 Å². The second-order valence-corrected chi connectivity index (χ2v) is 17.5. The number of allylic oxidation sites excluding steroid dienone is 2. The zero-order valence-electron chi connectivity index (χ0n) is 34.2. The predicted octanol–water partition coefficient (Wildman–Crippen LogP) is 9.71. The molecule has 9 nitrogen and oxygen atoms in total. The zero-order valence-corrected chi connectivity index (χ0v) is 35.1. The van der Waals surface area contributed by atoms with Gasteiger partial charge in [0.15, 0.2) is 0 Å². The third-order valence-corrected chi connectivity index (χ3v) is 10.8. The summed E-state index contributed by atoms with van der Waals surface area (Å²) < 4.78 is 28.9. The molecule has 0 aromatic heterocycles. The maximum absolute atomic E-state index is 12.8. The van der Waals surface area contributed by atoms with Crippen LogP contribution in [0, 0.1) is 0 Å². The van der Waals surface area contributed by atoms with Crippen molar-refractivity contribution in [2.45, 2.75) is 199 Å². The Bertz CT molecular complexity index is 970. The highest BCUT2D eigenvalue weighted by Gasteiger charge is 2.36. The fourth-order valence-corrected chi connectivity index (χ4v) is 7.00. The molecule has 10 heteroatoms. The number of phosphoric ester groups is 1. The lowest BCUT2D eigenvalue weighted by Crippen LogP contribution is -2.45. The quantitative estimate of drug-likeness (QED) is 0.0213. The van der Waals surface area contributed by atoms with E-state index in [1.807, 2.05) is 27.2 Å². The number of carbonyl (C=O) groups excluding carboxylic acids is 1. The van der Waals surface area contributed by atoms with Gasteiger partial charge in [0.25, 0.3) is 7.82 Å². The minimum absolute atomic E-state index is 0.00582. The van der Waals surface area contributed by atoms with Gasteiger partial charge in [-0.2, -0.15) is 0 Å². The molecule has 5 atom stereocenters. The number of amides is 1. The Morgan fingerprint density at radius 1 is 0.769 bits per heavy atom. The second kappa shape index (κ2) is 31.2. The van der Waals surface area contributed by atoms with E-state index in [0.717, 1.165) is 64.2 Å². The highest BCUT2D eigenvalue weighted by molar-refractivity contribution is 7.45. The number of quaternary nitrogens is 1. The molecule has 0 aliphatic carbocycles. The molecule has 1 rings (SSSR count). The summed E-state index contributed by atoms with van der Waals surface area (Å²) in [7, 11) is 1.24. The van der Waals surface area contributed by atoms with Gasteiger partial charge in [-0.25, -0.2) is 0 Å². The molecule has 0 aromatic rings. The summed E-state index contributed by atoms with van der Waals surface area (Å²) in [6.45, 7) is 4.59. The molecule has 52 heavy (non-hydrogen) atoms. The molecule has 1 aliphatic heterocycles. The molecule has 1 fully saturated rings. The third-order valence-electron chi connectivity index (χ3n) is 9.83. The number of nitrogens with one attached hydrogen (secondary N) is 1. The first-order valence-corrected chi connectivity index (χ1v) is 22.8. The van der Waals surface area contributed by atoms with E-state index in [9.17, 15) is 19.4 Å². The number of aliphatic hydroxyl groups is 1. The van der Waals surface area contributed by atoms with Crippen molar-refractivity contribution < 1.29 is 37.6 Å². The number of rotatable bonds is 37. The second-order valence-electron chi connectivity index (χ2n) is 16.1. The summed E-state index contributed by atoms with van der Waals surface area (Å²) in [5.41, 5.74) is 0. The maximum atomic E-state index is 12.8. The first kappa shape index (κ1) is 49.0. The van der Waals surface area contributed by atoms with Crippen molar-refractivity contribution in [3.63, 3.8) is 0 Å².